The van der Waals surface area contributed by atoms with E-state index in [1.165, 1.54) is 19.3 Å². The van der Waals surface area contributed by atoms with Gasteiger partial charge in [0.05, 0.1) is 11.5 Å². The van der Waals surface area contributed by atoms with Crippen LogP contribution >= 0.6 is 0 Å². The van der Waals surface area contributed by atoms with E-state index in [0.717, 1.165) is 12.8 Å². The fourth-order valence-corrected chi connectivity index (χ4v) is 4.13. The monoisotopic (exact) mass is 297 g/mol. The Labute approximate surface area is 121 Å². The van der Waals surface area contributed by atoms with Crippen LogP contribution in [0.15, 0.2) is 29.2 Å². The van der Waals surface area contributed by atoms with E-state index in [-0.39, 0.29) is 17.5 Å². The van der Waals surface area contributed by atoms with E-state index in [0.29, 0.717) is 11.5 Å². The SMILES string of the molecule is CC(NS(=O)(=O)c1ccc(CO)cc1)C1CCCCC1. The maximum absolute atomic E-state index is 12.3. The summed E-state index contributed by atoms with van der Waals surface area (Å²) < 4.78 is 27.4. The second-order valence-corrected chi connectivity index (χ2v) is 7.32. The lowest BCUT2D eigenvalue weighted by atomic mass is 9.85. The van der Waals surface area contributed by atoms with Crippen LogP contribution in [0.25, 0.3) is 0 Å². The molecule has 2 N–H and O–H groups in total. The summed E-state index contributed by atoms with van der Waals surface area (Å²) in [5, 5.41) is 8.98. The Hall–Kier alpha value is -0.910. The van der Waals surface area contributed by atoms with Gasteiger partial charge < -0.3 is 5.11 Å². The molecule has 1 aromatic rings. The highest BCUT2D eigenvalue weighted by Crippen LogP contribution is 2.27. The highest BCUT2D eigenvalue weighted by molar-refractivity contribution is 7.89. The van der Waals surface area contributed by atoms with E-state index in [4.69, 9.17) is 5.11 Å². The molecule has 0 saturated heterocycles. The Bertz CT molecular complexity index is 519. The third-order valence-electron chi connectivity index (χ3n) is 4.11. The normalized spacial score (nSPS) is 18.9. The molecule has 0 aromatic heterocycles. The number of hydrogen-bond acceptors (Lipinski definition) is 3. The quantitative estimate of drug-likeness (QED) is 0.877. The van der Waals surface area contributed by atoms with Crippen LogP contribution in [0.4, 0.5) is 0 Å². The molecule has 1 aromatic carbocycles. The second kappa shape index (κ2) is 6.70. The van der Waals surface area contributed by atoms with Gasteiger partial charge >= 0.3 is 0 Å². The van der Waals surface area contributed by atoms with Gasteiger partial charge in [0.15, 0.2) is 0 Å². The van der Waals surface area contributed by atoms with E-state index in [2.05, 4.69) is 4.72 Å². The molecule has 2 rings (SSSR count). The highest BCUT2D eigenvalue weighted by Gasteiger charge is 2.24. The molecule has 20 heavy (non-hydrogen) atoms. The van der Waals surface area contributed by atoms with Crippen LogP contribution in [0.2, 0.25) is 0 Å². The Morgan fingerprint density at radius 1 is 1.20 bits per heavy atom. The molecule has 5 heteroatoms. The molecule has 1 aliphatic rings. The molecule has 0 spiro atoms. The first-order chi connectivity index (χ1) is 9.53. The van der Waals surface area contributed by atoms with Gasteiger partial charge in [-0.2, -0.15) is 0 Å². The number of aliphatic hydroxyl groups excluding tert-OH is 1. The summed E-state index contributed by atoms with van der Waals surface area (Å²) in [7, 11) is -3.47. The first-order valence-corrected chi connectivity index (χ1v) is 8.73. The molecule has 1 atom stereocenters. The Morgan fingerprint density at radius 3 is 2.35 bits per heavy atom. The standard InChI is InChI=1S/C15H23NO3S/c1-12(14-5-3-2-4-6-14)16-20(18,19)15-9-7-13(11-17)8-10-15/h7-10,12,14,16-17H,2-6,11H2,1H3. The third-order valence-corrected chi connectivity index (χ3v) is 5.69. The lowest BCUT2D eigenvalue weighted by Crippen LogP contribution is -2.38. The molecule has 1 saturated carbocycles. The Kier molecular flexibility index (Phi) is 5.18. The number of sulfonamides is 1. The zero-order valence-corrected chi connectivity index (χ0v) is 12.7. The minimum atomic E-state index is -3.47. The van der Waals surface area contributed by atoms with Gasteiger partial charge in [0.2, 0.25) is 10.0 Å². The minimum Gasteiger partial charge on any atom is -0.392 e. The number of nitrogens with one attached hydrogen (secondary N) is 1. The summed E-state index contributed by atoms with van der Waals surface area (Å²) in [6.45, 7) is 1.88. The van der Waals surface area contributed by atoms with Crippen molar-refractivity contribution in [2.75, 3.05) is 0 Å². The fraction of sp³-hybridized carbons (Fsp3) is 0.600. The van der Waals surface area contributed by atoms with Gasteiger partial charge in [0.1, 0.15) is 0 Å². The average Bonchev–Trinajstić information content (AvgIpc) is 2.48. The minimum absolute atomic E-state index is 0.0298. The molecular formula is C15H23NO3S. The Balaban J connectivity index is 2.05. The van der Waals surface area contributed by atoms with E-state index < -0.39 is 10.0 Å². The van der Waals surface area contributed by atoms with Crippen molar-refractivity contribution < 1.29 is 13.5 Å². The summed E-state index contributed by atoms with van der Waals surface area (Å²) in [5.74, 6) is 0.440. The van der Waals surface area contributed by atoms with Crippen LogP contribution in [0.5, 0.6) is 0 Å². The van der Waals surface area contributed by atoms with E-state index in [1.807, 2.05) is 6.92 Å². The molecule has 1 aliphatic carbocycles. The Morgan fingerprint density at radius 2 is 1.80 bits per heavy atom. The highest BCUT2D eigenvalue weighted by atomic mass is 32.2. The molecule has 0 heterocycles. The van der Waals surface area contributed by atoms with Crippen LogP contribution in [0.1, 0.15) is 44.6 Å². The molecule has 1 unspecified atom stereocenters. The average molecular weight is 297 g/mol. The van der Waals surface area contributed by atoms with Crippen molar-refractivity contribution in [2.24, 2.45) is 5.92 Å². The predicted molar refractivity (Wildman–Crippen MR) is 78.7 cm³/mol. The molecule has 0 amide bonds. The largest absolute Gasteiger partial charge is 0.392 e. The number of rotatable bonds is 5. The number of hydrogen-bond donors (Lipinski definition) is 2. The van der Waals surface area contributed by atoms with Gasteiger partial charge in [-0.05, 0) is 43.4 Å². The predicted octanol–water partition coefficient (Wildman–Crippen LogP) is 2.43. The van der Waals surface area contributed by atoms with Crippen LogP contribution in [0, 0.1) is 5.92 Å². The molecule has 1 fully saturated rings. The van der Waals surface area contributed by atoms with Crippen LogP contribution in [-0.2, 0) is 16.6 Å². The van der Waals surface area contributed by atoms with Crippen LogP contribution in [0.3, 0.4) is 0 Å². The van der Waals surface area contributed by atoms with Gasteiger partial charge in [-0.25, -0.2) is 13.1 Å². The van der Waals surface area contributed by atoms with E-state index >= 15 is 0 Å². The summed E-state index contributed by atoms with van der Waals surface area (Å²) in [6.07, 6.45) is 5.86. The van der Waals surface area contributed by atoms with Gasteiger partial charge in [-0.3, -0.25) is 0 Å². The number of benzene rings is 1. The van der Waals surface area contributed by atoms with Crippen LogP contribution in [-0.4, -0.2) is 19.6 Å². The fourth-order valence-electron chi connectivity index (χ4n) is 2.82. The first-order valence-electron chi connectivity index (χ1n) is 7.25. The zero-order chi connectivity index (χ0) is 14.6. The molecule has 0 aliphatic heterocycles. The molecule has 112 valence electrons. The van der Waals surface area contributed by atoms with Gasteiger partial charge in [-0.1, -0.05) is 31.4 Å². The van der Waals surface area contributed by atoms with E-state index in [9.17, 15) is 8.42 Å². The van der Waals surface area contributed by atoms with Crippen molar-refractivity contribution in [2.45, 2.75) is 56.6 Å². The lowest BCUT2D eigenvalue weighted by molar-refractivity contribution is 0.281. The van der Waals surface area contributed by atoms with Crippen molar-refractivity contribution in [3.63, 3.8) is 0 Å². The summed E-state index contributed by atoms with van der Waals surface area (Å²) >= 11 is 0. The molecule has 0 radical (unpaired) electrons. The lowest BCUT2D eigenvalue weighted by Gasteiger charge is -2.28. The second-order valence-electron chi connectivity index (χ2n) is 5.61. The molecule has 4 nitrogen and oxygen atoms in total. The maximum Gasteiger partial charge on any atom is 0.240 e. The zero-order valence-electron chi connectivity index (χ0n) is 11.9. The molecular weight excluding hydrogens is 274 g/mol. The van der Waals surface area contributed by atoms with Crippen molar-refractivity contribution in [3.8, 4) is 0 Å². The first kappa shape index (κ1) is 15.5. The van der Waals surface area contributed by atoms with E-state index in [1.54, 1.807) is 24.3 Å². The topological polar surface area (TPSA) is 66.4 Å². The van der Waals surface area contributed by atoms with Gasteiger partial charge in [-0.15, -0.1) is 0 Å². The summed E-state index contributed by atoms with van der Waals surface area (Å²) in [5.41, 5.74) is 0.712. The van der Waals surface area contributed by atoms with Crippen molar-refractivity contribution in [3.05, 3.63) is 29.8 Å². The van der Waals surface area contributed by atoms with Gasteiger partial charge in [0.25, 0.3) is 0 Å². The van der Waals surface area contributed by atoms with Crippen molar-refractivity contribution >= 4 is 10.0 Å². The summed E-state index contributed by atoms with van der Waals surface area (Å²) in [6, 6.07) is 6.33. The maximum atomic E-state index is 12.3. The molecule has 0 bridgehead atoms. The van der Waals surface area contributed by atoms with Crippen molar-refractivity contribution in [1.29, 1.82) is 0 Å². The number of aliphatic hydroxyl groups is 1. The smallest absolute Gasteiger partial charge is 0.240 e. The van der Waals surface area contributed by atoms with Gasteiger partial charge in [0, 0.05) is 6.04 Å². The van der Waals surface area contributed by atoms with Crippen molar-refractivity contribution in [1.82, 2.24) is 4.72 Å². The summed E-state index contributed by atoms with van der Waals surface area (Å²) in [4.78, 5) is 0.261. The third kappa shape index (κ3) is 3.81. The van der Waals surface area contributed by atoms with Crippen LogP contribution < -0.4 is 4.72 Å².